The average Bonchev–Trinajstić information content (AvgIpc) is 2.84. The van der Waals surface area contributed by atoms with Crippen LogP contribution in [0.3, 0.4) is 0 Å². The van der Waals surface area contributed by atoms with E-state index < -0.39 is 23.8 Å². The summed E-state index contributed by atoms with van der Waals surface area (Å²) in [5, 5.41) is 9.74. The number of hydrogen-bond acceptors (Lipinski definition) is 7. The van der Waals surface area contributed by atoms with Crippen LogP contribution >= 0.6 is 0 Å². The van der Waals surface area contributed by atoms with E-state index in [0.717, 1.165) is 5.56 Å². The number of hydrogen-bond donors (Lipinski definition) is 1. The number of para-hydroxylation sites is 1. The molecular formula is C26H21FN2O5. The number of fused-ring (bicyclic) bond motifs is 1. The van der Waals surface area contributed by atoms with Crippen molar-refractivity contribution < 1.29 is 28.1 Å². The number of rotatable bonds is 6. The van der Waals surface area contributed by atoms with Crippen LogP contribution in [0.5, 0.6) is 23.0 Å². The van der Waals surface area contributed by atoms with Gasteiger partial charge >= 0.3 is 5.97 Å². The molecule has 0 aromatic heterocycles. The number of allylic oxidation sites excluding steroid dienone is 1. The van der Waals surface area contributed by atoms with Gasteiger partial charge in [0.15, 0.2) is 6.10 Å². The Hall–Kier alpha value is -4.51. The third kappa shape index (κ3) is 4.50. The lowest BCUT2D eigenvalue weighted by Gasteiger charge is -2.27. The van der Waals surface area contributed by atoms with Crippen molar-refractivity contribution in [1.82, 2.24) is 0 Å². The zero-order valence-corrected chi connectivity index (χ0v) is 18.4. The molecule has 1 aliphatic heterocycles. The van der Waals surface area contributed by atoms with Gasteiger partial charge in [-0.2, -0.15) is 5.26 Å². The molecular weight excluding hydrogens is 439 g/mol. The Morgan fingerprint density at radius 2 is 1.79 bits per heavy atom. The van der Waals surface area contributed by atoms with Gasteiger partial charge in [0.1, 0.15) is 40.5 Å². The van der Waals surface area contributed by atoms with Crippen molar-refractivity contribution >= 4 is 5.97 Å². The smallest absolute Gasteiger partial charge is 0.352 e. The first kappa shape index (κ1) is 22.7. The van der Waals surface area contributed by atoms with Crippen LogP contribution in [0, 0.1) is 17.1 Å². The standard InChI is InChI=1S/C26H21FN2O5/c1-15(32-17-9-7-16(27)8-10-17)26(30)33-18-11-12-20-23(13-18)34-25(29)21(14-28)24(20)19-5-3-4-6-22(19)31-2/h3-13,15,24H,29H2,1-2H3. The van der Waals surface area contributed by atoms with E-state index in [1.165, 1.54) is 37.3 Å². The van der Waals surface area contributed by atoms with E-state index >= 15 is 0 Å². The highest BCUT2D eigenvalue weighted by Crippen LogP contribution is 2.45. The van der Waals surface area contributed by atoms with Gasteiger partial charge in [-0.3, -0.25) is 0 Å². The molecule has 0 amide bonds. The normalized spacial score (nSPS) is 15.4. The quantitative estimate of drug-likeness (QED) is 0.429. The van der Waals surface area contributed by atoms with Crippen molar-refractivity contribution in [1.29, 1.82) is 5.26 Å². The van der Waals surface area contributed by atoms with Gasteiger partial charge in [0.25, 0.3) is 0 Å². The highest BCUT2D eigenvalue weighted by Gasteiger charge is 2.33. The first-order valence-corrected chi connectivity index (χ1v) is 10.4. The maximum Gasteiger partial charge on any atom is 0.352 e. The Balaban J connectivity index is 1.59. The summed E-state index contributed by atoms with van der Waals surface area (Å²) in [4.78, 5) is 12.5. The van der Waals surface area contributed by atoms with Gasteiger partial charge in [0.2, 0.25) is 5.88 Å². The monoisotopic (exact) mass is 460 g/mol. The first-order chi connectivity index (χ1) is 16.4. The summed E-state index contributed by atoms with van der Waals surface area (Å²) in [6.45, 7) is 1.53. The van der Waals surface area contributed by atoms with Gasteiger partial charge in [-0.25, -0.2) is 9.18 Å². The molecule has 172 valence electrons. The van der Waals surface area contributed by atoms with E-state index in [4.69, 9.17) is 24.7 Å². The van der Waals surface area contributed by atoms with E-state index in [2.05, 4.69) is 6.07 Å². The zero-order chi connectivity index (χ0) is 24.2. The van der Waals surface area contributed by atoms with E-state index in [1.807, 2.05) is 18.2 Å². The Kier molecular flexibility index (Phi) is 6.37. The van der Waals surface area contributed by atoms with Gasteiger partial charge in [0, 0.05) is 17.2 Å². The predicted molar refractivity (Wildman–Crippen MR) is 121 cm³/mol. The van der Waals surface area contributed by atoms with Crippen molar-refractivity contribution in [3.05, 3.63) is 95.1 Å². The maximum absolute atomic E-state index is 13.1. The van der Waals surface area contributed by atoms with Crippen LogP contribution in [0.15, 0.2) is 78.2 Å². The fourth-order valence-electron chi connectivity index (χ4n) is 3.69. The van der Waals surface area contributed by atoms with E-state index in [1.54, 1.807) is 25.3 Å². The van der Waals surface area contributed by atoms with Gasteiger partial charge in [-0.15, -0.1) is 0 Å². The topological polar surface area (TPSA) is 104 Å². The molecule has 0 saturated heterocycles. The van der Waals surface area contributed by atoms with Crippen LogP contribution in [0.25, 0.3) is 0 Å². The highest BCUT2D eigenvalue weighted by atomic mass is 19.1. The fraction of sp³-hybridized carbons (Fsp3) is 0.154. The molecule has 0 bridgehead atoms. The summed E-state index contributed by atoms with van der Waals surface area (Å²) < 4.78 is 35.2. The minimum Gasteiger partial charge on any atom is -0.496 e. The summed E-state index contributed by atoms with van der Waals surface area (Å²) in [6.07, 6.45) is -0.945. The largest absolute Gasteiger partial charge is 0.496 e. The molecule has 4 rings (SSSR count). The summed E-state index contributed by atoms with van der Waals surface area (Å²) >= 11 is 0. The number of ether oxygens (including phenoxy) is 4. The summed E-state index contributed by atoms with van der Waals surface area (Å²) in [5.74, 6) is -0.115. The minimum absolute atomic E-state index is 0.0395. The molecule has 1 aliphatic rings. The molecule has 0 spiro atoms. The molecule has 2 N–H and O–H groups in total. The number of nitrogens with two attached hydrogens (primary N) is 1. The van der Waals surface area contributed by atoms with Crippen molar-refractivity contribution in [2.45, 2.75) is 18.9 Å². The predicted octanol–water partition coefficient (Wildman–Crippen LogP) is 4.43. The van der Waals surface area contributed by atoms with Crippen molar-refractivity contribution in [2.75, 3.05) is 7.11 Å². The third-order valence-corrected chi connectivity index (χ3v) is 5.32. The molecule has 8 heteroatoms. The zero-order valence-electron chi connectivity index (χ0n) is 18.4. The molecule has 0 aliphatic carbocycles. The van der Waals surface area contributed by atoms with Gasteiger partial charge in [-0.1, -0.05) is 24.3 Å². The first-order valence-electron chi connectivity index (χ1n) is 10.4. The lowest BCUT2D eigenvalue weighted by Crippen LogP contribution is -2.28. The second-order valence-corrected chi connectivity index (χ2v) is 7.50. The van der Waals surface area contributed by atoms with E-state index in [9.17, 15) is 14.4 Å². The number of benzene rings is 3. The molecule has 3 aromatic carbocycles. The van der Waals surface area contributed by atoms with Crippen LogP contribution in [-0.4, -0.2) is 19.2 Å². The fourth-order valence-corrected chi connectivity index (χ4v) is 3.69. The highest BCUT2D eigenvalue weighted by molar-refractivity contribution is 5.77. The number of carbonyl (C=O) groups is 1. The third-order valence-electron chi connectivity index (χ3n) is 5.32. The summed E-state index contributed by atoms with van der Waals surface area (Å²) in [6, 6.07) is 19.6. The van der Waals surface area contributed by atoms with Gasteiger partial charge in [-0.05, 0) is 43.3 Å². The van der Waals surface area contributed by atoms with E-state index in [-0.39, 0.29) is 17.2 Å². The second kappa shape index (κ2) is 9.55. The molecule has 0 fully saturated rings. The van der Waals surface area contributed by atoms with Gasteiger partial charge in [0.05, 0.1) is 13.0 Å². The second-order valence-electron chi connectivity index (χ2n) is 7.50. The summed E-state index contributed by atoms with van der Waals surface area (Å²) in [7, 11) is 1.55. The molecule has 0 radical (unpaired) electrons. The number of halogens is 1. The molecule has 3 aromatic rings. The van der Waals surface area contributed by atoms with Crippen LogP contribution < -0.4 is 24.7 Å². The Morgan fingerprint density at radius 3 is 2.50 bits per heavy atom. The van der Waals surface area contributed by atoms with Crippen LogP contribution in [0.1, 0.15) is 24.0 Å². The van der Waals surface area contributed by atoms with Crippen LogP contribution in [-0.2, 0) is 4.79 Å². The van der Waals surface area contributed by atoms with E-state index in [0.29, 0.717) is 22.8 Å². The summed E-state index contributed by atoms with van der Waals surface area (Å²) in [5.41, 5.74) is 7.73. The van der Waals surface area contributed by atoms with Crippen LogP contribution in [0.2, 0.25) is 0 Å². The Morgan fingerprint density at radius 1 is 1.09 bits per heavy atom. The molecule has 1 heterocycles. The molecule has 0 saturated carbocycles. The number of carbonyl (C=O) groups excluding carboxylic acids is 1. The number of nitrogens with zero attached hydrogens (tertiary/aromatic N) is 1. The molecule has 7 nitrogen and oxygen atoms in total. The SMILES string of the molecule is COc1ccccc1C1C(C#N)=C(N)Oc2cc(OC(=O)C(C)Oc3ccc(F)cc3)ccc21. The van der Waals surface area contributed by atoms with Crippen LogP contribution in [0.4, 0.5) is 4.39 Å². The number of esters is 1. The van der Waals surface area contributed by atoms with Crippen molar-refractivity contribution in [2.24, 2.45) is 5.73 Å². The number of nitriles is 1. The number of methoxy groups -OCH3 is 1. The van der Waals surface area contributed by atoms with Crippen molar-refractivity contribution in [3.8, 4) is 29.1 Å². The lowest BCUT2D eigenvalue weighted by atomic mass is 9.83. The van der Waals surface area contributed by atoms with Crippen molar-refractivity contribution in [3.63, 3.8) is 0 Å². The molecule has 2 unspecified atom stereocenters. The van der Waals surface area contributed by atoms with Gasteiger partial charge < -0.3 is 24.7 Å². The average molecular weight is 460 g/mol. The molecule has 34 heavy (non-hydrogen) atoms. The molecule has 2 atom stereocenters. The Bertz CT molecular complexity index is 1300. The lowest BCUT2D eigenvalue weighted by molar-refractivity contribution is -0.141. The Labute approximate surface area is 195 Å². The minimum atomic E-state index is -0.945. The maximum atomic E-state index is 13.1.